The number of benzene rings is 1. The number of nitrogens with zero attached hydrogens (tertiary/aromatic N) is 2. The predicted octanol–water partition coefficient (Wildman–Crippen LogP) is 1.54. The fourth-order valence-electron chi connectivity index (χ4n) is 2.83. The monoisotopic (exact) mass is 332 g/mol. The molecule has 130 valence electrons. The Hall–Kier alpha value is -2.37. The lowest BCUT2D eigenvalue weighted by atomic mass is 10.1. The molecule has 1 fully saturated rings. The van der Waals surface area contributed by atoms with Gasteiger partial charge in [0.15, 0.2) is 0 Å². The van der Waals surface area contributed by atoms with Crippen LogP contribution < -0.4 is 0 Å². The minimum atomic E-state index is -1.04. The van der Waals surface area contributed by atoms with Gasteiger partial charge < -0.3 is 14.9 Å². The number of hydrogen-bond acceptors (Lipinski definition) is 3. The normalized spacial score (nSPS) is 15.0. The molecule has 6 nitrogen and oxygen atoms in total. The third kappa shape index (κ3) is 5.68. The van der Waals surface area contributed by atoms with Crippen LogP contribution in [0.15, 0.2) is 30.3 Å². The van der Waals surface area contributed by atoms with E-state index in [1.165, 1.54) is 4.90 Å². The van der Waals surface area contributed by atoms with Crippen LogP contribution >= 0.6 is 0 Å². The lowest BCUT2D eigenvalue weighted by Crippen LogP contribution is -2.45. The zero-order valence-electron chi connectivity index (χ0n) is 13.8. The maximum absolute atomic E-state index is 12.5. The van der Waals surface area contributed by atoms with Crippen LogP contribution in [0.25, 0.3) is 0 Å². The molecule has 0 unspecified atom stereocenters. The van der Waals surface area contributed by atoms with Crippen molar-refractivity contribution in [2.45, 2.75) is 32.1 Å². The van der Waals surface area contributed by atoms with Gasteiger partial charge in [0.05, 0.1) is 6.54 Å². The lowest BCUT2D eigenvalue weighted by molar-refractivity contribution is -0.146. The van der Waals surface area contributed by atoms with Crippen molar-refractivity contribution in [3.63, 3.8) is 0 Å². The Labute approximate surface area is 142 Å². The van der Waals surface area contributed by atoms with E-state index in [4.69, 9.17) is 5.11 Å². The minimum absolute atomic E-state index is 0.0146. The molecule has 2 rings (SSSR count). The maximum Gasteiger partial charge on any atom is 0.323 e. The summed E-state index contributed by atoms with van der Waals surface area (Å²) in [5, 5.41) is 9.06. The number of carbonyl (C=O) groups is 3. The number of aliphatic carboxylic acids is 1. The third-order valence-electron chi connectivity index (χ3n) is 4.19. The molecule has 0 aromatic heterocycles. The van der Waals surface area contributed by atoms with E-state index in [9.17, 15) is 14.4 Å². The molecule has 0 bridgehead atoms. The molecule has 0 saturated carbocycles. The van der Waals surface area contributed by atoms with Crippen molar-refractivity contribution in [2.24, 2.45) is 0 Å². The molecule has 0 radical (unpaired) electrons. The Kier molecular flexibility index (Phi) is 6.78. The number of carboxylic acids is 1. The largest absolute Gasteiger partial charge is 0.480 e. The molecular weight excluding hydrogens is 308 g/mol. The Morgan fingerprint density at radius 1 is 1.12 bits per heavy atom. The number of amides is 2. The summed E-state index contributed by atoms with van der Waals surface area (Å²) in [5.74, 6) is -1.36. The second-order valence-corrected chi connectivity index (χ2v) is 6.07. The molecule has 1 aromatic carbocycles. The Balaban J connectivity index is 1.96. The zero-order valence-corrected chi connectivity index (χ0v) is 13.8. The summed E-state index contributed by atoms with van der Waals surface area (Å²) in [6, 6.07) is 9.63. The van der Waals surface area contributed by atoms with Gasteiger partial charge >= 0.3 is 5.97 Å². The average Bonchev–Trinajstić information content (AvgIpc) is 2.77. The second kappa shape index (κ2) is 9.05. The van der Waals surface area contributed by atoms with E-state index in [-0.39, 0.29) is 24.9 Å². The van der Waals surface area contributed by atoms with Crippen molar-refractivity contribution in [1.82, 2.24) is 9.80 Å². The van der Waals surface area contributed by atoms with E-state index in [0.717, 1.165) is 24.8 Å². The van der Waals surface area contributed by atoms with Crippen LogP contribution in [0.3, 0.4) is 0 Å². The maximum atomic E-state index is 12.5. The molecular formula is C18H24N2O4. The highest BCUT2D eigenvalue weighted by molar-refractivity contribution is 5.87. The molecule has 1 N–H and O–H groups in total. The second-order valence-electron chi connectivity index (χ2n) is 6.07. The number of likely N-dealkylation sites (tertiary alicyclic amines) is 1. The van der Waals surface area contributed by atoms with Crippen molar-refractivity contribution in [3.05, 3.63) is 35.9 Å². The van der Waals surface area contributed by atoms with Gasteiger partial charge in [-0.15, -0.1) is 0 Å². The molecule has 6 heteroatoms. The zero-order chi connectivity index (χ0) is 17.4. The highest BCUT2D eigenvalue weighted by atomic mass is 16.4. The highest BCUT2D eigenvalue weighted by Gasteiger charge is 2.23. The first-order valence-electron chi connectivity index (χ1n) is 8.37. The van der Waals surface area contributed by atoms with E-state index < -0.39 is 5.97 Å². The molecule has 0 spiro atoms. The van der Waals surface area contributed by atoms with Crippen LogP contribution in [-0.2, 0) is 20.8 Å². The van der Waals surface area contributed by atoms with Crippen LogP contribution in [0.1, 0.15) is 31.2 Å². The van der Waals surface area contributed by atoms with Gasteiger partial charge in [0.2, 0.25) is 11.8 Å². The Morgan fingerprint density at radius 3 is 2.58 bits per heavy atom. The predicted molar refractivity (Wildman–Crippen MR) is 89.4 cm³/mol. The van der Waals surface area contributed by atoms with Crippen LogP contribution in [0.4, 0.5) is 0 Å². The van der Waals surface area contributed by atoms with Gasteiger partial charge in [0.1, 0.15) is 6.54 Å². The topological polar surface area (TPSA) is 77.9 Å². The van der Waals surface area contributed by atoms with Gasteiger partial charge in [-0.3, -0.25) is 14.4 Å². The van der Waals surface area contributed by atoms with E-state index in [1.54, 1.807) is 4.90 Å². The minimum Gasteiger partial charge on any atom is -0.480 e. The standard InChI is InChI=1S/C18H24N2O4/c21-16-9-5-2-6-11-19(16)13-17(22)20(14-18(23)24)12-10-15-7-3-1-4-8-15/h1,3-4,7-8H,2,5-6,9-14H2,(H,23,24). The summed E-state index contributed by atoms with van der Waals surface area (Å²) in [6.07, 6.45) is 3.80. The molecule has 24 heavy (non-hydrogen) atoms. The van der Waals surface area contributed by atoms with Gasteiger partial charge in [0, 0.05) is 19.5 Å². The molecule has 1 aromatic rings. The summed E-state index contributed by atoms with van der Waals surface area (Å²) >= 11 is 0. The van der Waals surface area contributed by atoms with Gasteiger partial charge in [-0.1, -0.05) is 36.8 Å². The first kappa shape index (κ1) is 18.0. The van der Waals surface area contributed by atoms with Crippen molar-refractivity contribution < 1.29 is 19.5 Å². The summed E-state index contributed by atoms with van der Waals surface area (Å²) in [6.45, 7) is 0.538. The molecule has 1 aliphatic heterocycles. The summed E-state index contributed by atoms with van der Waals surface area (Å²) in [7, 11) is 0. The van der Waals surface area contributed by atoms with Crippen LogP contribution in [0, 0.1) is 0 Å². The van der Waals surface area contributed by atoms with E-state index in [0.29, 0.717) is 25.9 Å². The SMILES string of the molecule is O=C(O)CN(CCc1ccccc1)C(=O)CN1CCCCCC1=O. The van der Waals surface area contributed by atoms with Gasteiger partial charge in [-0.2, -0.15) is 0 Å². The summed E-state index contributed by atoms with van der Waals surface area (Å²) < 4.78 is 0. The van der Waals surface area contributed by atoms with E-state index in [1.807, 2.05) is 30.3 Å². The fraction of sp³-hybridized carbons (Fsp3) is 0.500. The smallest absolute Gasteiger partial charge is 0.323 e. The number of carbonyl (C=O) groups excluding carboxylic acids is 2. The van der Waals surface area contributed by atoms with Crippen LogP contribution in [0.5, 0.6) is 0 Å². The molecule has 0 atom stereocenters. The van der Waals surface area contributed by atoms with Crippen LogP contribution in [0.2, 0.25) is 0 Å². The van der Waals surface area contributed by atoms with Crippen molar-refractivity contribution in [2.75, 3.05) is 26.2 Å². The van der Waals surface area contributed by atoms with Crippen LogP contribution in [-0.4, -0.2) is 58.9 Å². The van der Waals surface area contributed by atoms with Crippen molar-refractivity contribution in [1.29, 1.82) is 0 Å². The van der Waals surface area contributed by atoms with Gasteiger partial charge in [0.25, 0.3) is 0 Å². The van der Waals surface area contributed by atoms with E-state index in [2.05, 4.69) is 0 Å². The molecule has 1 aliphatic rings. The first-order chi connectivity index (χ1) is 11.6. The number of carboxylic acid groups (broad SMARTS) is 1. The van der Waals surface area contributed by atoms with Gasteiger partial charge in [-0.25, -0.2) is 0 Å². The number of rotatable bonds is 7. The fourth-order valence-corrected chi connectivity index (χ4v) is 2.83. The number of hydrogen-bond donors (Lipinski definition) is 1. The molecule has 2 amide bonds. The van der Waals surface area contributed by atoms with Crippen molar-refractivity contribution >= 4 is 17.8 Å². The average molecular weight is 332 g/mol. The van der Waals surface area contributed by atoms with Gasteiger partial charge in [-0.05, 0) is 24.8 Å². The Morgan fingerprint density at radius 2 is 1.88 bits per heavy atom. The highest BCUT2D eigenvalue weighted by Crippen LogP contribution is 2.11. The third-order valence-corrected chi connectivity index (χ3v) is 4.19. The van der Waals surface area contributed by atoms with E-state index >= 15 is 0 Å². The lowest BCUT2D eigenvalue weighted by Gasteiger charge is -2.26. The summed E-state index contributed by atoms with van der Waals surface area (Å²) in [4.78, 5) is 38.5. The Bertz CT molecular complexity index is 574. The summed E-state index contributed by atoms with van der Waals surface area (Å²) in [5.41, 5.74) is 1.05. The van der Waals surface area contributed by atoms with Crippen molar-refractivity contribution in [3.8, 4) is 0 Å². The quantitative estimate of drug-likeness (QED) is 0.822. The molecule has 1 heterocycles. The molecule has 0 aliphatic carbocycles. The molecule has 1 saturated heterocycles. The first-order valence-corrected chi connectivity index (χ1v) is 8.37.